The second-order valence-electron chi connectivity index (χ2n) is 7.21. The Morgan fingerprint density at radius 1 is 1.26 bits per heavy atom. The van der Waals surface area contributed by atoms with Gasteiger partial charge in [-0.15, -0.1) is 10.2 Å². The van der Waals surface area contributed by atoms with Crippen molar-refractivity contribution in [2.24, 2.45) is 10.2 Å². The standard InChI is InChI=1S/C23H24N6O4S/c1-14-19(12-24)22(34-29-14)28-27-20-8-7-18(11-21(20)26-15(2)31)25-13-16-3-5-17(6-4-16)23(32)33-10-9-30/h3-8,11,23,25,30,32H,9-10,13H2,1-2H3,(H,26,31). The Hall–Kier alpha value is -3.69. The van der Waals surface area contributed by atoms with E-state index in [4.69, 9.17) is 9.84 Å². The van der Waals surface area contributed by atoms with E-state index in [9.17, 15) is 15.2 Å². The number of benzene rings is 2. The fourth-order valence-corrected chi connectivity index (χ4v) is 3.62. The Labute approximate surface area is 200 Å². The molecule has 3 rings (SSSR count). The lowest BCUT2D eigenvalue weighted by Gasteiger charge is -2.13. The third-order valence-electron chi connectivity index (χ3n) is 4.64. The molecule has 0 aliphatic heterocycles. The first kappa shape index (κ1) is 24.9. The third-order valence-corrected chi connectivity index (χ3v) is 5.46. The van der Waals surface area contributed by atoms with Crippen LogP contribution >= 0.6 is 11.5 Å². The van der Waals surface area contributed by atoms with Crippen molar-refractivity contribution in [3.05, 3.63) is 64.8 Å². The molecule has 1 aromatic heterocycles. The molecule has 1 amide bonds. The summed E-state index contributed by atoms with van der Waals surface area (Å²) in [4.78, 5) is 11.7. The number of azo groups is 1. The summed E-state index contributed by atoms with van der Waals surface area (Å²) in [7, 11) is 0. The van der Waals surface area contributed by atoms with Crippen LogP contribution in [-0.4, -0.2) is 33.7 Å². The Kier molecular flexibility index (Phi) is 8.78. The van der Waals surface area contributed by atoms with E-state index in [-0.39, 0.29) is 19.1 Å². The highest BCUT2D eigenvalue weighted by Gasteiger charge is 2.11. The van der Waals surface area contributed by atoms with Crippen molar-refractivity contribution in [2.45, 2.75) is 26.7 Å². The van der Waals surface area contributed by atoms with Crippen molar-refractivity contribution in [2.75, 3.05) is 23.8 Å². The number of aromatic nitrogens is 1. The molecule has 1 heterocycles. The van der Waals surface area contributed by atoms with Crippen molar-refractivity contribution < 1.29 is 19.7 Å². The molecule has 2 aromatic carbocycles. The number of hydrogen-bond acceptors (Lipinski definition) is 10. The molecule has 0 aliphatic rings. The first-order chi connectivity index (χ1) is 16.4. The zero-order valence-corrected chi connectivity index (χ0v) is 19.5. The second kappa shape index (κ2) is 12.0. The van der Waals surface area contributed by atoms with Gasteiger partial charge in [-0.3, -0.25) is 4.79 Å². The third kappa shape index (κ3) is 6.66. The van der Waals surface area contributed by atoms with E-state index < -0.39 is 6.29 Å². The molecule has 34 heavy (non-hydrogen) atoms. The number of anilines is 2. The van der Waals surface area contributed by atoms with Gasteiger partial charge in [0.1, 0.15) is 17.3 Å². The molecule has 0 spiro atoms. The molecule has 0 saturated carbocycles. The molecule has 4 N–H and O–H groups in total. The summed E-state index contributed by atoms with van der Waals surface area (Å²) in [5, 5.41) is 42.7. The number of carbonyl (C=O) groups excluding carboxylic acids is 1. The highest BCUT2D eigenvalue weighted by Crippen LogP contribution is 2.33. The topological polar surface area (TPSA) is 152 Å². The summed E-state index contributed by atoms with van der Waals surface area (Å²) < 4.78 is 9.21. The SMILES string of the molecule is CC(=O)Nc1cc(NCc2ccc(C(O)OCCO)cc2)ccc1N=Nc1snc(C)c1C#N. The summed E-state index contributed by atoms with van der Waals surface area (Å²) in [6.45, 7) is 3.53. The fourth-order valence-electron chi connectivity index (χ4n) is 2.94. The van der Waals surface area contributed by atoms with Gasteiger partial charge >= 0.3 is 0 Å². The van der Waals surface area contributed by atoms with E-state index in [0.717, 1.165) is 22.8 Å². The van der Waals surface area contributed by atoms with Crippen LogP contribution in [0.3, 0.4) is 0 Å². The first-order valence-corrected chi connectivity index (χ1v) is 11.1. The smallest absolute Gasteiger partial charge is 0.221 e. The molecule has 0 fully saturated rings. The first-order valence-electron chi connectivity index (χ1n) is 10.3. The number of rotatable bonds is 10. The van der Waals surface area contributed by atoms with E-state index in [1.54, 1.807) is 31.2 Å². The number of amides is 1. The molecule has 1 unspecified atom stereocenters. The van der Waals surface area contributed by atoms with Crippen LogP contribution in [0.2, 0.25) is 0 Å². The fraction of sp³-hybridized carbons (Fsp3) is 0.261. The number of hydrogen-bond donors (Lipinski definition) is 4. The average Bonchev–Trinajstić information content (AvgIpc) is 3.19. The average molecular weight is 481 g/mol. The normalized spacial score (nSPS) is 11.9. The number of nitriles is 1. The summed E-state index contributed by atoms with van der Waals surface area (Å²) in [6, 6.07) is 14.6. The van der Waals surface area contributed by atoms with Crippen molar-refractivity contribution in [1.82, 2.24) is 4.37 Å². The van der Waals surface area contributed by atoms with Gasteiger partial charge in [0.25, 0.3) is 0 Å². The van der Waals surface area contributed by atoms with E-state index in [2.05, 4.69) is 31.3 Å². The molecular weight excluding hydrogens is 456 g/mol. The number of aliphatic hydroxyl groups excluding tert-OH is 2. The molecule has 176 valence electrons. The Morgan fingerprint density at radius 3 is 2.71 bits per heavy atom. The van der Waals surface area contributed by atoms with E-state index in [0.29, 0.717) is 39.7 Å². The zero-order valence-electron chi connectivity index (χ0n) is 18.6. The number of carbonyl (C=O) groups is 1. The quantitative estimate of drug-likeness (QED) is 0.249. The number of aryl methyl sites for hydroxylation is 1. The van der Waals surface area contributed by atoms with E-state index >= 15 is 0 Å². The molecule has 11 heteroatoms. The van der Waals surface area contributed by atoms with Gasteiger partial charge in [-0.25, -0.2) is 0 Å². The van der Waals surface area contributed by atoms with Gasteiger partial charge in [0.05, 0.1) is 24.6 Å². The summed E-state index contributed by atoms with van der Waals surface area (Å²) in [5.74, 6) is -0.252. The summed E-state index contributed by atoms with van der Waals surface area (Å²) in [6.07, 6.45) is -1.09. The predicted molar refractivity (Wildman–Crippen MR) is 128 cm³/mol. The number of nitrogens with zero attached hydrogens (tertiary/aromatic N) is 4. The van der Waals surface area contributed by atoms with Crippen LogP contribution in [0.4, 0.5) is 22.1 Å². The van der Waals surface area contributed by atoms with E-state index in [1.165, 1.54) is 6.92 Å². The van der Waals surface area contributed by atoms with Crippen LogP contribution in [-0.2, 0) is 16.1 Å². The minimum absolute atomic E-state index is 0.0556. The van der Waals surface area contributed by atoms with Gasteiger partial charge in [-0.1, -0.05) is 24.3 Å². The maximum atomic E-state index is 11.7. The lowest BCUT2D eigenvalue weighted by Crippen LogP contribution is -2.08. The highest BCUT2D eigenvalue weighted by atomic mass is 32.1. The van der Waals surface area contributed by atoms with Crippen molar-refractivity contribution in [1.29, 1.82) is 5.26 Å². The van der Waals surface area contributed by atoms with Gasteiger partial charge in [0, 0.05) is 24.7 Å². The van der Waals surface area contributed by atoms with Gasteiger partial charge in [0.2, 0.25) is 5.91 Å². The molecule has 0 aliphatic carbocycles. The van der Waals surface area contributed by atoms with Crippen LogP contribution < -0.4 is 10.6 Å². The molecule has 10 nitrogen and oxygen atoms in total. The van der Waals surface area contributed by atoms with Gasteiger partial charge in [-0.05, 0) is 42.2 Å². The molecule has 0 radical (unpaired) electrons. The van der Waals surface area contributed by atoms with E-state index in [1.807, 2.05) is 18.2 Å². The molecule has 0 bridgehead atoms. The molecule has 0 saturated heterocycles. The molecule has 1 atom stereocenters. The van der Waals surface area contributed by atoms with Crippen molar-refractivity contribution in [3.8, 4) is 6.07 Å². The molecule has 3 aromatic rings. The largest absolute Gasteiger partial charge is 0.394 e. The maximum absolute atomic E-state index is 11.7. The van der Waals surface area contributed by atoms with Gasteiger partial charge in [0.15, 0.2) is 11.3 Å². The lowest BCUT2D eigenvalue weighted by molar-refractivity contribution is -0.114. The van der Waals surface area contributed by atoms with Gasteiger partial charge < -0.3 is 25.6 Å². The Morgan fingerprint density at radius 2 is 2.03 bits per heavy atom. The van der Waals surface area contributed by atoms with Crippen LogP contribution in [0.15, 0.2) is 52.7 Å². The Balaban J connectivity index is 1.71. The lowest BCUT2D eigenvalue weighted by atomic mass is 10.1. The second-order valence-corrected chi connectivity index (χ2v) is 7.97. The Bertz CT molecular complexity index is 1200. The molecular formula is C23H24N6O4S. The number of aliphatic hydroxyl groups is 2. The van der Waals surface area contributed by atoms with Crippen LogP contribution in [0, 0.1) is 18.3 Å². The predicted octanol–water partition coefficient (Wildman–Crippen LogP) is 4.31. The van der Waals surface area contributed by atoms with Crippen molar-refractivity contribution >= 4 is 39.5 Å². The minimum atomic E-state index is -1.09. The minimum Gasteiger partial charge on any atom is -0.394 e. The maximum Gasteiger partial charge on any atom is 0.221 e. The monoisotopic (exact) mass is 480 g/mol. The zero-order chi connectivity index (χ0) is 24.5. The van der Waals surface area contributed by atoms with Crippen LogP contribution in [0.5, 0.6) is 0 Å². The summed E-state index contributed by atoms with van der Waals surface area (Å²) >= 11 is 1.09. The number of nitrogens with one attached hydrogen (secondary N) is 2. The van der Waals surface area contributed by atoms with Gasteiger partial charge in [-0.2, -0.15) is 9.64 Å². The van der Waals surface area contributed by atoms with Crippen LogP contribution in [0.25, 0.3) is 0 Å². The summed E-state index contributed by atoms with van der Waals surface area (Å²) in [5.41, 5.74) is 4.21. The van der Waals surface area contributed by atoms with Crippen LogP contribution in [0.1, 0.15) is 35.6 Å². The highest BCUT2D eigenvalue weighted by molar-refractivity contribution is 7.10. The van der Waals surface area contributed by atoms with Crippen molar-refractivity contribution in [3.63, 3.8) is 0 Å². The number of ether oxygens (including phenoxy) is 1.